The Hall–Kier alpha value is -4.16. The number of aliphatic hydroxyl groups is 1. The number of hydrogen-bond acceptors (Lipinski definition) is 11. The first-order valence-corrected chi connectivity index (χ1v) is 12.2. The summed E-state index contributed by atoms with van der Waals surface area (Å²) in [6.45, 7) is 0.0757. The molecule has 0 atom stereocenters. The first kappa shape index (κ1) is 24.0. The predicted molar refractivity (Wildman–Crippen MR) is 135 cm³/mol. The first-order chi connectivity index (χ1) is 17.1. The van der Waals surface area contributed by atoms with Crippen LogP contribution in [0.25, 0.3) is 11.1 Å². The number of ether oxygens (including phenoxy) is 1. The monoisotopic (exact) mass is 501 g/mol. The third-order valence-corrected chi connectivity index (χ3v) is 6.57. The molecule has 0 aliphatic rings. The van der Waals surface area contributed by atoms with Crippen molar-refractivity contribution in [3.05, 3.63) is 71.0 Å². The van der Waals surface area contributed by atoms with Crippen LogP contribution in [0.15, 0.2) is 59.2 Å². The molecule has 0 aliphatic heterocycles. The summed E-state index contributed by atoms with van der Waals surface area (Å²) < 4.78 is 5.40. The van der Waals surface area contributed by atoms with E-state index in [0.717, 1.165) is 16.5 Å². The van der Waals surface area contributed by atoms with Crippen molar-refractivity contribution in [3.8, 4) is 29.0 Å². The average Bonchev–Trinajstić information content (AvgIpc) is 3.33. The van der Waals surface area contributed by atoms with Gasteiger partial charge in [0.1, 0.15) is 40.9 Å². The van der Waals surface area contributed by atoms with Crippen molar-refractivity contribution in [1.82, 2.24) is 15.0 Å². The van der Waals surface area contributed by atoms with E-state index in [2.05, 4.69) is 32.4 Å². The maximum Gasteiger partial charge on any atom is 0.187 e. The minimum atomic E-state index is -0.0966. The zero-order valence-corrected chi connectivity index (χ0v) is 19.9. The Bertz CT molecular complexity index is 1390. The van der Waals surface area contributed by atoms with E-state index in [1.807, 2.05) is 17.5 Å². The second kappa shape index (κ2) is 11.3. The second-order valence-corrected chi connectivity index (χ2v) is 8.86. The highest BCUT2D eigenvalue weighted by Crippen LogP contribution is 2.37. The number of nitrogens with two attached hydrogens (primary N) is 1. The molecule has 4 N–H and O–H groups in total. The van der Waals surface area contributed by atoms with Gasteiger partial charge in [0, 0.05) is 34.8 Å². The molecule has 174 valence electrons. The van der Waals surface area contributed by atoms with Gasteiger partial charge in [0.05, 0.1) is 17.9 Å². The Labute approximate surface area is 209 Å². The molecule has 0 bridgehead atoms. The van der Waals surface area contributed by atoms with Crippen molar-refractivity contribution in [2.24, 2.45) is 0 Å². The van der Waals surface area contributed by atoms with Gasteiger partial charge in [-0.3, -0.25) is 4.98 Å². The minimum Gasteiger partial charge on any atom is -0.491 e. The number of thiazole rings is 1. The van der Waals surface area contributed by atoms with E-state index in [1.165, 1.54) is 23.1 Å². The fraction of sp³-hybridized carbons (Fsp3) is 0.125. The van der Waals surface area contributed by atoms with Gasteiger partial charge >= 0.3 is 0 Å². The minimum absolute atomic E-state index is 0.0583. The summed E-state index contributed by atoms with van der Waals surface area (Å²) >= 11 is 2.80. The molecule has 0 unspecified atom stereocenters. The van der Waals surface area contributed by atoms with Crippen molar-refractivity contribution in [2.45, 2.75) is 10.8 Å². The van der Waals surface area contributed by atoms with Crippen LogP contribution < -0.4 is 15.8 Å². The van der Waals surface area contributed by atoms with Gasteiger partial charge in [-0.25, -0.2) is 9.97 Å². The van der Waals surface area contributed by atoms with Crippen LogP contribution in [-0.2, 0) is 5.75 Å². The van der Waals surface area contributed by atoms with E-state index in [1.54, 1.807) is 36.7 Å². The smallest absolute Gasteiger partial charge is 0.187 e. The lowest BCUT2D eigenvalue weighted by molar-refractivity contribution is 0.201. The normalized spacial score (nSPS) is 10.4. The number of aromatic nitrogens is 3. The molecule has 35 heavy (non-hydrogen) atoms. The van der Waals surface area contributed by atoms with Gasteiger partial charge in [0.25, 0.3) is 0 Å². The van der Waals surface area contributed by atoms with Crippen molar-refractivity contribution in [1.29, 1.82) is 10.5 Å². The number of anilines is 3. The summed E-state index contributed by atoms with van der Waals surface area (Å²) in [4.78, 5) is 12.9. The Morgan fingerprint density at radius 1 is 1.06 bits per heavy atom. The van der Waals surface area contributed by atoms with Crippen LogP contribution >= 0.6 is 23.1 Å². The van der Waals surface area contributed by atoms with Crippen molar-refractivity contribution < 1.29 is 9.84 Å². The highest BCUT2D eigenvalue weighted by Gasteiger charge is 2.21. The largest absolute Gasteiger partial charge is 0.491 e. The fourth-order valence-corrected chi connectivity index (χ4v) is 4.93. The van der Waals surface area contributed by atoms with Crippen LogP contribution in [0.1, 0.15) is 16.8 Å². The number of benzene rings is 1. The number of nitrogens with one attached hydrogen (secondary N) is 1. The molecule has 1 aromatic carbocycles. The highest BCUT2D eigenvalue weighted by atomic mass is 32.2. The summed E-state index contributed by atoms with van der Waals surface area (Å²) in [7, 11) is 0. The third kappa shape index (κ3) is 5.67. The van der Waals surface area contributed by atoms with E-state index in [4.69, 9.17) is 15.6 Å². The van der Waals surface area contributed by atoms with Gasteiger partial charge in [-0.15, -0.1) is 11.3 Å². The number of nitrogens with zero attached hydrogens (tertiary/aromatic N) is 5. The summed E-state index contributed by atoms with van der Waals surface area (Å²) in [6, 6.07) is 14.9. The molecule has 4 rings (SSSR count). The van der Waals surface area contributed by atoms with Crippen LogP contribution in [0.3, 0.4) is 0 Å². The summed E-state index contributed by atoms with van der Waals surface area (Å²) in [6.07, 6.45) is 3.40. The molecule has 0 fully saturated rings. The van der Waals surface area contributed by atoms with E-state index >= 15 is 0 Å². The van der Waals surface area contributed by atoms with Gasteiger partial charge in [-0.1, -0.05) is 23.9 Å². The molecule has 11 heteroatoms. The number of rotatable bonds is 9. The van der Waals surface area contributed by atoms with Crippen LogP contribution in [0, 0.1) is 22.7 Å². The Morgan fingerprint density at radius 2 is 1.80 bits per heavy atom. The number of thioether (sulfide) groups is 1. The molecule has 0 spiro atoms. The van der Waals surface area contributed by atoms with Crippen LogP contribution in [0.4, 0.5) is 16.6 Å². The standard InChI is InChI=1S/C24H19N7O2S2/c25-11-19-21(15-1-3-18(4-2-15)33-10-9-32)20(12-26)23(31-22(19)27)34-13-17-14-35-24(30-17)29-16-5-7-28-8-6-16/h1-8,14,32H,9-10,13H2,(H2,27,31)(H,28,29,30). The SMILES string of the molecule is N#Cc1c(N)nc(SCc2csc(Nc3ccncc3)n2)c(C#N)c1-c1ccc(OCCO)cc1. The Morgan fingerprint density at radius 3 is 2.49 bits per heavy atom. The number of pyridine rings is 2. The zero-order valence-electron chi connectivity index (χ0n) is 18.3. The molecule has 0 aliphatic carbocycles. The number of hydrogen-bond donors (Lipinski definition) is 3. The number of nitrogen functional groups attached to an aromatic ring is 1. The summed E-state index contributed by atoms with van der Waals surface area (Å²) in [5.41, 5.74) is 9.30. The lowest BCUT2D eigenvalue weighted by Gasteiger charge is -2.13. The van der Waals surface area contributed by atoms with Gasteiger partial charge in [-0.2, -0.15) is 10.5 Å². The lowest BCUT2D eigenvalue weighted by atomic mass is 9.97. The topological polar surface area (TPSA) is 154 Å². The van der Waals surface area contributed by atoms with Crippen LogP contribution in [0.2, 0.25) is 0 Å². The molecular formula is C24H19N7O2S2. The molecule has 4 aromatic rings. The average molecular weight is 502 g/mol. The van der Waals surface area contributed by atoms with Gasteiger partial charge < -0.3 is 20.9 Å². The van der Waals surface area contributed by atoms with Crippen LogP contribution in [-0.4, -0.2) is 33.3 Å². The Kier molecular flexibility index (Phi) is 7.75. The lowest BCUT2D eigenvalue weighted by Crippen LogP contribution is -2.04. The van der Waals surface area contributed by atoms with Crippen molar-refractivity contribution in [3.63, 3.8) is 0 Å². The third-order valence-electron chi connectivity index (χ3n) is 4.76. The predicted octanol–water partition coefficient (Wildman–Crippen LogP) is 4.33. The summed E-state index contributed by atoms with van der Waals surface area (Å²) in [5.74, 6) is 1.09. The van der Waals surface area contributed by atoms with E-state index in [9.17, 15) is 10.5 Å². The molecule has 0 radical (unpaired) electrons. The van der Waals surface area contributed by atoms with E-state index in [0.29, 0.717) is 27.7 Å². The summed E-state index contributed by atoms with van der Waals surface area (Å²) in [5, 5.41) is 34.9. The second-order valence-electron chi connectivity index (χ2n) is 7.04. The van der Waals surface area contributed by atoms with Crippen LogP contribution in [0.5, 0.6) is 5.75 Å². The molecule has 3 aromatic heterocycles. The van der Waals surface area contributed by atoms with Crippen molar-refractivity contribution >= 4 is 39.7 Å². The van der Waals surface area contributed by atoms with Gasteiger partial charge in [-0.05, 0) is 29.8 Å². The highest BCUT2D eigenvalue weighted by molar-refractivity contribution is 7.98. The zero-order chi connectivity index (χ0) is 24.6. The quantitative estimate of drug-likeness (QED) is 0.282. The van der Waals surface area contributed by atoms with E-state index in [-0.39, 0.29) is 30.2 Å². The van der Waals surface area contributed by atoms with Gasteiger partial charge in [0.15, 0.2) is 5.13 Å². The molecule has 3 heterocycles. The molecular weight excluding hydrogens is 482 g/mol. The maximum absolute atomic E-state index is 9.97. The van der Waals surface area contributed by atoms with E-state index < -0.39 is 0 Å². The Balaban J connectivity index is 1.59. The first-order valence-electron chi connectivity index (χ1n) is 10.3. The van der Waals surface area contributed by atoms with Crippen molar-refractivity contribution in [2.75, 3.05) is 24.3 Å². The van der Waals surface area contributed by atoms with Gasteiger partial charge in [0.2, 0.25) is 0 Å². The molecule has 0 saturated carbocycles. The number of nitriles is 2. The molecule has 0 saturated heterocycles. The fourth-order valence-electron chi connectivity index (χ4n) is 3.20. The molecule has 0 amide bonds. The number of aliphatic hydroxyl groups excluding tert-OH is 1. The maximum atomic E-state index is 9.97. The molecule has 9 nitrogen and oxygen atoms in total.